The van der Waals surface area contributed by atoms with Crippen LogP contribution in [0.1, 0.15) is 25.7 Å². The fraction of sp³-hybridized carbons (Fsp3) is 0.467. The van der Waals surface area contributed by atoms with Gasteiger partial charge in [0.1, 0.15) is 8.07 Å². The van der Waals surface area contributed by atoms with Crippen molar-refractivity contribution in [1.82, 2.24) is 0 Å². The van der Waals surface area contributed by atoms with Crippen LogP contribution in [0.25, 0.3) is 0 Å². The maximum Gasteiger partial charge on any atom is 0.118 e. The number of benzene rings is 1. The van der Waals surface area contributed by atoms with Crippen LogP contribution in [-0.2, 0) is 0 Å². The van der Waals surface area contributed by atoms with Crippen LogP contribution in [0.2, 0.25) is 13.1 Å². The summed E-state index contributed by atoms with van der Waals surface area (Å²) >= 11 is 0. The lowest BCUT2D eigenvalue weighted by molar-refractivity contribution is 0.272. The van der Waals surface area contributed by atoms with E-state index in [1.165, 1.54) is 23.6 Å². The molecular weight excluding hydrogens is 224 g/mol. The number of hydrogen-bond donors (Lipinski definition) is 1. The highest BCUT2D eigenvalue weighted by molar-refractivity contribution is 6.91. The molecule has 0 bridgehead atoms. The molecule has 0 saturated heterocycles. The Morgan fingerprint density at radius 2 is 1.82 bits per heavy atom. The fourth-order valence-corrected chi connectivity index (χ4v) is 5.16. The Hall–Kier alpha value is -0.863. The highest BCUT2D eigenvalue weighted by Crippen LogP contribution is 2.25. The van der Waals surface area contributed by atoms with Crippen molar-refractivity contribution in [2.24, 2.45) is 0 Å². The van der Waals surface area contributed by atoms with Gasteiger partial charge in [0.2, 0.25) is 0 Å². The van der Waals surface area contributed by atoms with Crippen molar-refractivity contribution in [3.05, 3.63) is 42.0 Å². The molecule has 0 aromatic heterocycles. The molecule has 1 aliphatic carbocycles. The molecule has 1 aromatic carbocycles. The number of rotatable bonds is 3. The predicted octanol–water partition coefficient (Wildman–Crippen LogP) is 3.00. The molecule has 2 rings (SSSR count). The Kier molecular flexibility index (Phi) is 3.85. The Bertz CT molecular complexity index is 395. The molecule has 0 heterocycles. The normalized spacial score (nSPS) is 18.6. The van der Waals surface area contributed by atoms with Crippen molar-refractivity contribution < 1.29 is 5.11 Å². The first-order valence-corrected chi connectivity index (χ1v) is 9.62. The van der Waals surface area contributed by atoms with Gasteiger partial charge in [0.15, 0.2) is 0 Å². The van der Waals surface area contributed by atoms with Gasteiger partial charge in [-0.3, -0.25) is 0 Å². The van der Waals surface area contributed by atoms with Gasteiger partial charge in [-0.05, 0) is 31.3 Å². The second-order valence-electron chi connectivity index (χ2n) is 5.52. The van der Waals surface area contributed by atoms with Gasteiger partial charge in [0.05, 0.1) is 5.73 Å². The molecule has 92 valence electrons. The molecule has 0 unspecified atom stereocenters. The number of allylic oxidation sites excluding steroid dienone is 1. The quantitative estimate of drug-likeness (QED) is 0.642. The molecule has 1 aromatic rings. The van der Waals surface area contributed by atoms with Gasteiger partial charge >= 0.3 is 0 Å². The molecule has 0 spiro atoms. The van der Waals surface area contributed by atoms with E-state index >= 15 is 0 Å². The Morgan fingerprint density at radius 1 is 1.12 bits per heavy atom. The lowest BCUT2D eigenvalue weighted by Gasteiger charge is -2.32. The number of aliphatic hydroxyl groups is 1. The molecular formula is C15H22OSi. The van der Waals surface area contributed by atoms with Crippen LogP contribution < -0.4 is 5.19 Å². The van der Waals surface area contributed by atoms with E-state index < -0.39 is 8.07 Å². The van der Waals surface area contributed by atoms with Crippen molar-refractivity contribution in [3.63, 3.8) is 0 Å². The van der Waals surface area contributed by atoms with E-state index in [2.05, 4.69) is 43.4 Å². The first kappa shape index (κ1) is 12.6. The van der Waals surface area contributed by atoms with Crippen LogP contribution >= 0.6 is 0 Å². The maximum absolute atomic E-state index is 10.6. The molecule has 0 aliphatic heterocycles. The summed E-state index contributed by atoms with van der Waals surface area (Å²) in [5.74, 6) is 0. The third kappa shape index (κ3) is 2.69. The molecule has 17 heavy (non-hydrogen) atoms. The molecule has 0 amide bonds. The third-order valence-electron chi connectivity index (χ3n) is 3.88. The summed E-state index contributed by atoms with van der Waals surface area (Å²) in [6.07, 6.45) is 7.02. The van der Waals surface area contributed by atoms with Crippen LogP contribution in [0.5, 0.6) is 0 Å². The van der Waals surface area contributed by atoms with Gasteiger partial charge in [0.25, 0.3) is 0 Å². The third-order valence-corrected chi connectivity index (χ3v) is 7.44. The lowest BCUT2D eigenvalue weighted by Crippen LogP contribution is -2.53. The van der Waals surface area contributed by atoms with Crippen LogP contribution in [-0.4, -0.2) is 18.9 Å². The minimum absolute atomic E-state index is 0.217. The number of hydrogen-bond acceptors (Lipinski definition) is 1. The summed E-state index contributed by atoms with van der Waals surface area (Å²) in [6.45, 7) is 4.53. The van der Waals surface area contributed by atoms with Crippen LogP contribution in [0.3, 0.4) is 0 Å². The maximum atomic E-state index is 10.6. The van der Waals surface area contributed by atoms with Crippen LogP contribution in [0.4, 0.5) is 0 Å². The lowest BCUT2D eigenvalue weighted by atomic mass is 10.0. The van der Waals surface area contributed by atoms with Crippen molar-refractivity contribution in [3.8, 4) is 0 Å². The summed E-state index contributed by atoms with van der Waals surface area (Å²) in [4.78, 5) is 0. The second kappa shape index (κ2) is 5.19. The van der Waals surface area contributed by atoms with E-state index in [1.54, 1.807) is 0 Å². The molecule has 0 fully saturated rings. The zero-order valence-electron chi connectivity index (χ0n) is 10.8. The van der Waals surface area contributed by atoms with E-state index in [1.807, 2.05) is 6.07 Å². The summed E-state index contributed by atoms with van der Waals surface area (Å²) in [6, 6.07) is 10.5. The molecule has 1 atom stereocenters. The highest BCUT2D eigenvalue weighted by atomic mass is 28.3. The van der Waals surface area contributed by atoms with Crippen LogP contribution in [0, 0.1) is 0 Å². The van der Waals surface area contributed by atoms with Gasteiger partial charge in [0, 0.05) is 0 Å². The summed E-state index contributed by atoms with van der Waals surface area (Å²) in [5, 5.41) is 12.0. The average Bonchev–Trinajstić information content (AvgIpc) is 2.40. The average molecular weight is 246 g/mol. The fourth-order valence-electron chi connectivity index (χ4n) is 2.60. The predicted molar refractivity (Wildman–Crippen MR) is 76.1 cm³/mol. The summed E-state index contributed by atoms with van der Waals surface area (Å²) in [5.41, 5.74) is 1.07. The van der Waals surface area contributed by atoms with Gasteiger partial charge in [-0.15, -0.1) is 0 Å². The smallest absolute Gasteiger partial charge is 0.118 e. The van der Waals surface area contributed by atoms with Gasteiger partial charge < -0.3 is 5.11 Å². The van der Waals surface area contributed by atoms with Gasteiger partial charge in [-0.1, -0.05) is 54.7 Å². The van der Waals surface area contributed by atoms with Crippen LogP contribution in [0.15, 0.2) is 42.0 Å². The monoisotopic (exact) mass is 246 g/mol. The first-order chi connectivity index (χ1) is 8.12. The molecule has 1 N–H and O–H groups in total. The van der Waals surface area contributed by atoms with Crippen molar-refractivity contribution in [1.29, 1.82) is 0 Å². The first-order valence-electron chi connectivity index (χ1n) is 6.55. The molecule has 0 saturated carbocycles. The molecule has 0 radical (unpaired) electrons. The van der Waals surface area contributed by atoms with Gasteiger partial charge in [-0.25, -0.2) is 0 Å². The van der Waals surface area contributed by atoms with E-state index in [0.29, 0.717) is 0 Å². The van der Waals surface area contributed by atoms with E-state index in [9.17, 15) is 5.11 Å². The van der Waals surface area contributed by atoms with E-state index in [0.717, 1.165) is 12.8 Å². The number of aliphatic hydroxyl groups excluding tert-OH is 1. The Labute approximate surface area is 105 Å². The zero-order valence-corrected chi connectivity index (χ0v) is 11.8. The molecule has 2 heteroatoms. The van der Waals surface area contributed by atoms with E-state index in [-0.39, 0.29) is 5.73 Å². The van der Waals surface area contributed by atoms with E-state index in [4.69, 9.17) is 0 Å². The largest absolute Gasteiger partial charge is 0.392 e. The second-order valence-corrected chi connectivity index (χ2v) is 10.1. The SMILES string of the molecule is C[Si](C)(c1ccccc1)[C@H](O)C1=CCCCC1. The summed E-state index contributed by atoms with van der Waals surface area (Å²) in [7, 11) is -1.78. The van der Waals surface area contributed by atoms with Crippen molar-refractivity contribution in [2.75, 3.05) is 0 Å². The topological polar surface area (TPSA) is 20.2 Å². The molecule has 1 aliphatic rings. The van der Waals surface area contributed by atoms with Gasteiger partial charge in [-0.2, -0.15) is 0 Å². The minimum atomic E-state index is -1.78. The van der Waals surface area contributed by atoms with Crippen molar-refractivity contribution >= 4 is 13.3 Å². The minimum Gasteiger partial charge on any atom is -0.392 e. The highest BCUT2D eigenvalue weighted by Gasteiger charge is 2.34. The van der Waals surface area contributed by atoms with Crippen molar-refractivity contribution in [2.45, 2.75) is 44.5 Å². The molecule has 1 nitrogen and oxygen atoms in total. The standard InChI is InChI=1S/C15H22OSi/c1-17(2,14-11-7-4-8-12-14)15(16)13-9-5-3-6-10-13/h4,7-9,11-12,15-16H,3,5-6,10H2,1-2H3/t15-/m0/s1. The zero-order chi connectivity index (χ0) is 12.3. The summed E-state index contributed by atoms with van der Waals surface area (Å²) < 4.78 is 0. The Balaban J connectivity index is 2.23. The Morgan fingerprint density at radius 3 is 2.41 bits per heavy atom.